The van der Waals surface area contributed by atoms with Crippen LogP contribution in [-0.4, -0.2) is 19.1 Å². The fourth-order valence-electron chi connectivity index (χ4n) is 10.5. The molecule has 0 bridgehead atoms. The van der Waals surface area contributed by atoms with E-state index in [9.17, 15) is 5.26 Å². The molecule has 0 aliphatic carbocycles. The van der Waals surface area contributed by atoms with Crippen molar-refractivity contribution in [1.82, 2.24) is 19.1 Å². The van der Waals surface area contributed by atoms with Crippen LogP contribution in [0.3, 0.4) is 0 Å². The lowest BCUT2D eigenvalue weighted by atomic mass is 9.97. The second-order valence-corrected chi connectivity index (χ2v) is 17.9. The van der Waals surface area contributed by atoms with Crippen molar-refractivity contribution in [2.45, 2.75) is 0 Å². The van der Waals surface area contributed by atoms with Gasteiger partial charge in [0.05, 0.1) is 63.0 Å². The van der Waals surface area contributed by atoms with E-state index in [1.165, 1.54) is 10.8 Å². The van der Waals surface area contributed by atoms with Crippen LogP contribution < -0.4 is 0 Å². The summed E-state index contributed by atoms with van der Waals surface area (Å²) in [4.78, 5) is 14.6. The molecule has 0 radical (unpaired) electrons. The van der Waals surface area contributed by atoms with Gasteiger partial charge in [-0.3, -0.25) is 0 Å². The molecule has 334 valence electrons. The van der Waals surface area contributed by atoms with E-state index < -0.39 is 0 Å². The van der Waals surface area contributed by atoms with Gasteiger partial charge in [-0.2, -0.15) is 5.26 Å². The van der Waals surface area contributed by atoms with Crippen molar-refractivity contribution < 1.29 is 0 Å². The summed E-state index contributed by atoms with van der Waals surface area (Å²) in [5.74, 6) is 0.605. The molecule has 3 aromatic heterocycles. The van der Waals surface area contributed by atoms with E-state index in [1.807, 2.05) is 84.9 Å². The van der Waals surface area contributed by atoms with Gasteiger partial charge in [0, 0.05) is 49.4 Å². The molecule has 0 fully saturated rings. The maximum atomic E-state index is 10.3. The third kappa shape index (κ3) is 7.02. The smallest absolute Gasteiger partial charge is 0.194 e. The zero-order chi connectivity index (χ0) is 48.1. The van der Waals surface area contributed by atoms with E-state index in [0.29, 0.717) is 17.1 Å². The largest absolute Gasteiger partial charge is 0.309 e. The first kappa shape index (κ1) is 42.0. The second kappa shape index (κ2) is 17.4. The third-order valence-corrected chi connectivity index (χ3v) is 13.8. The van der Waals surface area contributed by atoms with Crippen LogP contribution in [0.15, 0.2) is 243 Å². The molecule has 0 spiro atoms. The van der Waals surface area contributed by atoms with Gasteiger partial charge in [-0.05, 0) is 82.9 Å². The van der Waals surface area contributed by atoms with Crippen molar-refractivity contribution >= 4 is 49.3 Å². The number of fused-ring (bicyclic) bond motifs is 6. The quantitative estimate of drug-likeness (QED) is 0.143. The Bertz CT molecular complexity index is 4130. The summed E-state index contributed by atoms with van der Waals surface area (Å²) >= 11 is 0. The number of para-hydroxylation sites is 4. The van der Waals surface area contributed by atoms with E-state index >= 15 is 0 Å². The highest BCUT2D eigenvalue weighted by molar-refractivity contribution is 6.13. The highest BCUT2D eigenvalue weighted by Gasteiger charge is 2.23. The van der Waals surface area contributed by atoms with Crippen LogP contribution in [0.4, 0.5) is 5.69 Å². The Morgan fingerprint density at radius 2 is 0.833 bits per heavy atom. The van der Waals surface area contributed by atoms with Gasteiger partial charge in [0.2, 0.25) is 0 Å². The summed E-state index contributed by atoms with van der Waals surface area (Å²) < 4.78 is 4.76. The first-order chi connectivity index (χ1) is 35.6. The van der Waals surface area contributed by atoms with Gasteiger partial charge in [0.15, 0.2) is 11.5 Å². The fourth-order valence-corrected chi connectivity index (χ4v) is 10.5. The van der Waals surface area contributed by atoms with E-state index in [2.05, 4.69) is 178 Å². The molecule has 13 aromatic rings. The summed E-state index contributed by atoms with van der Waals surface area (Å²) in [6.07, 6.45) is 0. The summed E-state index contributed by atoms with van der Waals surface area (Å²) in [5.41, 5.74) is 17.6. The minimum absolute atomic E-state index is 0.591. The number of hydrogen-bond acceptors (Lipinski definition) is 3. The predicted molar refractivity (Wildman–Crippen MR) is 294 cm³/mol. The number of aromatic nitrogens is 4. The number of benzene rings is 10. The van der Waals surface area contributed by atoms with Gasteiger partial charge in [-0.1, -0.05) is 182 Å². The summed E-state index contributed by atoms with van der Waals surface area (Å²) in [7, 11) is 0. The highest BCUT2D eigenvalue weighted by atomic mass is 15.0. The summed E-state index contributed by atoms with van der Waals surface area (Å²) in [6.45, 7) is 8.07. The Morgan fingerprint density at radius 1 is 0.361 bits per heavy atom. The molecule has 0 unspecified atom stereocenters. The molecular weight excluding hydrogens is 877 g/mol. The first-order valence-electron chi connectivity index (χ1n) is 23.9. The van der Waals surface area contributed by atoms with E-state index in [4.69, 9.17) is 16.5 Å². The number of hydrogen-bond donors (Lipinski definition) is 0. The second-order valence-electron chi connectivity index (χ2n) is 17.9. The molecular formula is C66H40N6. The van der Waals surface area contributed by atoms with Crippen LogP contribution in [0.5, 0.6) is 0 Å². The maximum absolute atomic E-state index is 10.3. The SMILES string of the molecule is [C-]#[N+]c1ccccc1-c1ccc2c(c1)c1cc(-c3ccccc3C#N)ccc1n2-c1cc(-c2nc(-c3ccccc3)cc(-c3ccccc3)n2)ccc1-c1ccccc1-n1c2ccccc2c2ccccc21. The maximum Gasteiger partial charge on any atom is 0.194 e. The topological polar surface area (TPSA) is 63.8 Å². The van der Waals surface area contributed by atoms with Crippen LogP contribution >= 0.6 is 0 Å². The number of nitriles is 1. The zero-order valence-electron chi connectivity index (χ0n) is 38.8. The lowest BCUT2D eigenvalue weighted by Crippen LogP contribution is -2.03. The molecule has 0 aliphatic heterocycles. The Morgan fingerprint density at radius 3 is 1.46 bits per heavy atom. The average Bonchev–Trinajstić information content (AvgIpc) is 3.97. The van der Waals surface area contributed by atoms with Crippen molar-refractivity contribution in [2.75, 3.05) is 0 Å². The fraction of sp³-hybridized carbons (Fsp3) is 0. The molecule has 13 rings (SSSR count). The van der Waals surface area contributed by atoms with Gasteiger partial charge in [0.25, 0.3) is 0 Å². The Balaban J connectivity index is 1.13. The molecule has 10 aromatic carbocycles. The molecule has 0 atom stereocenters. The van der Waals surface area contributed by atoms with Crippen molar-refractivity contribution in [1.29, 1.82) is 5.26 Å². The number of nitrogens with zero attached hydrogens (tertiary/aromatic N) is 6. The van der Waals surface area contributed by atoms with Crippen molar-refractivity contribution in [3.05, 3.63) is 260 Å². The molecule has 6 nitrogen and oxygen atoms in total. The predicted octanol–water partition coefficient (Wildman–Crippen LogP) is 17.1. The minimum atomic E-state index is 0.591. The van der Waals surface area contributed by atoms with Crippen LogP contribution in [0.1, 0.15) is 5.56 Å². The monoisotopic (exact) mass is 916 g/mol. The third-order valence-electron chi connectivity index (χ3n) is 13.8. The lowest BCUT2D eigenvalue weighted by molar-refractivity contribution is 1.15. The summed E-state index contributed by atoms with van der Waals surface area (Å²) in [6, 6.07) is 86.2. The average molecular weight is 917 g/mol. The first-order valence-corrected chi connectivity index (χ1v) is 23.9. The minimum Gasteiger partial charge on any atom is -0.309 e. The van der Waals surface area contributed by atoms with E-state index in [1.54, 1.807) is 0 Å². The van der Waals surface area contributed by atoms with Crippen LogP contribution in [0.2, 0.25) is 0 Å². The van der Waals surface area contributed by atoms with Gasteiger partial charge in [0.1, 0.15) is 0 Å². The summed E-state index contributed by atoms with van der Waals surface area (Å²) in [5, 5.41) is 14.7. The van der Waals surface area contributed by atoms with E-state index in [0.717, 1.165) is 106 Å². The Labute approximate surface area is 416 Å². The van der Waals surface area contributed by atoms with Crippen LogP contribution in [0, 0.1) is 17.9 Å². The van der Waals surface area contributed by atoms with Gasteiger partial charge >= 0.3 is 0 Å². The molecule has 6 heteroatoms. The molecule has 0 N–H and O–H groups in total. The van der Waals surface area contributed by atoms with Crippen LogP contribution in [0.25, 0.3) is 127 Å². The molecule has 0 amide bonds. The zero-order valence-corrected chi connectivity index (χ0v) is 38.8. The van der Waals surface area contributed by atoms with Crippen LogP contribution in [-0.2, 0) is 0 Å². The number of rotatable bonds is 8. The molecule has 3 heterocycles. The van der Waals surface area contributed by atoms with Gasteiger partial charge < -0.3 is 9.13 Å². The normalized spacial score (nSPS) is 11.3. The van der Waals surface area contributed by atoms with E-state index in [-0.39, 0.29) is 0 Å². The Kier molecular flexibility index (Phi) is 10.2. The van der Waals surface area contributed by atoms with Gasteiger partial charge in [-0.25, -0.2) is 14.8 Å². The lowest BCUT2D eigenvalue weighted by Gasteiger charge is -2.20. The Hall–Kier alpha value is -10.1. The highest BCUT2D eigenvalue weighted by Crippen LogP contribution is 2.44. The molecule has 0 saturated heterocycles. The molecule has 0 saturated carbocycles. The van der Waals surface area contributed by atoms with Crippen molar-refractivity contribution in [3.8, 4) is 84.7 Å². The molecule has 0 aliphatic rings. The molecule has 72 heavy (non-hydrogen) atoms. The standard InChI is InChI=1S/C66H40N6/c1-68-57-28-14-10-24-50(57)46-34-37-64-56(39-46)55-38-45(49-23-9-8-22-48(49)42-67)33-36-63(55)72(64)65-40-47(66-69-58(43-18-4-2-5-19-43)41-59(70-66)44-20-6-3-7-21-44)32-35-54(65)53-27-13-17-31-62(53)71-60-29-15-11-25-51(60)52-26-12-16-30-61(52)71/h2-41H. The van der Waals surface area contributed by atoms with Crippen molar-refractivity contribution in [3.63, 3.8) is 0 Å². The van der Waals surface area contributed by atoms with Gasteiger partial charge in [-0.15, -0.1) is 0 Å². The van der Waals surface area contributed by atoms with Crippen molar-refractivity contribution in [2.24, 2.45) is 0 Å².